The Morgan fingerprint density at radius 3 is 2.52 bits per heavy atom. The van der Waals surface area contributed by atoms with E-state index in [1.165, 1.54) is 6.07 Å². The number of benzene rings is 2. The number of primary sulfonamides is 1. The van der Waals surface area contributed by atoms with Crippen LogP contribution < -0.4 is 10.6 Å². The molecule has 2 aromatic rings. The molecule has 0 aliphatic rings. The summed E-state index contributed by atoms with van der Waals surface area (Å²) in [6.07, 6.45) is 0. The molecule has 0 unspecified atom stereocenters. The first-order valence-electron chi connectivity index (χ1n) is 6.66. The first-order chi connectivity index (χ1) is 11.6. The number of nitro groups is 1. The predicted molar refractivity (Wildman–Crippen MR) is 96.8 cm³/mol. The van der Waals surface area contributed by atoms with Crippen LogP contribution in [-0.2, 0) is 10.0 Å². The van der Waals surface area contributed by atoms with Crippen LogP contribution in [-0.4, -0.2) is 19.1 Å². The molecule has 0 aliphatic carbocycles. The summed E-state index contributed by atoms with van der Waals surface area (Å²) >= 11 is 12.0. The number of sulfonamides is 1. The van der Waals surface area contributed by atoms with Crippen molar-refractivity contribution in [2.24, 2.45) is 10.2 Å². The number of rotatable bonds is 5. The van der Waals surface area contributed by atoms with Crippen molar-refractivity contribution in [1.29, 1.82) is 0 Å². The number of halogens is 2. The lowest BCUT2D eigenvalue weighted by molar-refractivity contribution is -0.384. The van der Waals surface area contributed by atoms with Crippen molar-refractivity contribution in [3.05, 3.63) is 62.1 Å². The first-order valence-corrected chi connectivity index (χ1v) is 8.97. The van der Waals surface area contributed by atoms with Crippen LogP contribution in [0.1, 0.15) is 12.5 Å². The van der Waals surface area contributed by atoms with E-state index in [1.807, 2.05) is 0 Å². The van der Waals surface area contributed by atoms with Gasteiger partial charge in [-0.1, -0.05) is 23.2 Å². The highest BCUT2D eigenvalue weighted by Gasteiger charge is 2.19. The fraction of sp³-hybridized carbons (Fsp3) is 0.0714. The van der Waals surface area contributed by atoms with Gasteiger partial charge in [0, 0.05) is 21.7 Å². The summed E-state index contributed by atoms with van der Waals surface area (Å²) in [7, 11) is -4.06. The Morgan fingerprint density at radius 2 is 1.92 bits per heavy atom. The molecule has 3 N–H and O–H groups in total. The summed E-state index contributed by atoms with van der Waals surface area (Å²) in [4.78, 5) is 10.0. The van der Waals surface area contributed by atoms with Crippen molar-refractivity contribution in [2.45, 2.75) is 11.8 Å². The largest absolute Gasteiger partial charge is 0.295 e. The Balaban J connectivity index is 2.40. The van der Waals surface area contributed by atoms with Gasteiger partial charge in [-0.05, 0) is 37.3 Å². The number of hydrazone groups is 1. The molecule has 2 rings (SSSR count). The van der Waals surface area contributed by atoms with Gasteiger partial charge in [-0.2, -0.15) is 5.10 Å². The Morgan fingerprint density at radius 1 is 1.24 bits per heavy atom. The third kappa shape index (κ3) is 4.67. The van der Waals surface area contributed by atoms with Gasteiger partial charge in [0.15, 0.2) is 0 Å². The molecule has 0 atom stereocenters. The fourth-order valence-electron chi connectivity index (χ4n) is 1.91. The molecule has 11 heteroatoms. The van der Waals surface area contributed by atoms with Gasteiger partial charge in [-0.15, -0.1) is 0 Å². The first kappa shape index (κ1) is 19.1. The molecule has 25 heavy (non-hydrogen) atoms. The second-order valence-corrected chi connectivity index (χ2v) is 7.32. The van der Waals surface area contributed by atoms with Crippen molar-refractivity contribution in [2.75, 3.05) is 5.43 Å². The topological polar surface area (TPSA) is 128 Å². The number of nitrogens with two attached hydrogens (primary N) is 1. The van der Waals surface area contributed by atoms with Gasteiger partial charge < -0.3 is 0 Å². The standard InChI is InChI=1S/C14H12Cl2N4O4S/c1-8(11-6-9(15)2-4-12(11)16)18-19-13-5-3-10(25(17,23)24)7-14(13)20(21)22/h2-7,19H,1H3,(H2,17,23,24)/b18-8-. The van der Waals surface area contributed by atoms with Crippen molar-refractivity contribution >= 4 is 50.3 Å². The molecule has 0 heterocycles. The fourth-order valence-corrected chi connectivity index (χ4v) is 2.87. The minimum absolute atomic E-state index is 0.00472. The van der Waals surface area contributed by atoms with E-state index in [0.717, 1.165) is 12.1 Å². The second-order valence-electron chi connectivity index (χ2n) is 4.91. The summed E-state index contributed by atoms with van der Waals surface area (Å²) in [5.41, 5.74) is 3.01. The van der Waals surface area contributed by atoms with Crippen LogP contribution in [0.4, 0.5) is 11.4 Å². The van der Waals surface area contributed by atoms with Crippen molar-refractivity contribution in [3.8, 4) is 0 Å². The van der Waals surface area contributed by atoms with Gasteiger partial charge in [0.25, 0.3) is 5.69 Å². The summed E-state index contributed by atoms with van der Waals surface area (Å²) in [6, 6.07) is 8.01. The molecule has 2 aromatic carbocycles. The van der Waals surface area contributed by atoms with Crippen molar-refractivity contribution in [1.82, 2.24) is 0 Å². The molecular weight excluding hydrogens is 391 g/mol. The molecule has 0 saturated carbocycles. The molecule has 0 amide bonds. The van der Waals surface area contributed by atoms with E-state index in [4.69, 9.17) is 28.3 Å². The number of nitrogens with zero attached hydrogens (tertiary/aromatic N) is 2. The van der Waals surface area contributed by atoms with Crippen LogP contribution in [0.2, 0.25) is 10.0 Å². The van der Waals surface area contributed by atoms with Gasteiger partial charge >= 0.3 is 0 Å². The number of hydrogen-bond acceptors (Lipinski definition) is 6. The molecule has 0 saturated heterocycles. The van der Waals surface area contributed by atoms with E-state index in [1.54, 1.807) is 25.1 Å². The zero-order valence-corrected chi connectivity index (χ0v) is 15.1. The molecule has 132 valence electrons. The van der Waals surface area contributed by atoms with Crippen LogP contribution >= 0.6 is 23.2 Å². The van der Waals surface area contributed by atoms with Gasteiger partial charge in [0.2, 0.25) is 10.0 Å². The third-order valence-electron chi connectivity index (χ3n) is 3.16. The van der Waals surface area contributed by atoms with Crippen LogP contribution in [0.15, 0.2) is 46.4 Å². The zero-order chi connectivity index (χ0) is 18.8. The van der Waals surface area contributed by atoms with E-state index in [2.05, 4.69) is 10.5 Å². The van der Waals surface area contributed by atoms with E-state index < -0.39 is 20.6 Å². The van der Waals surface area contributed by atoms with Crippen LogP contribution in [0.3, 0.4) is 0 Å². The van der Waals surface area contributed by atoms with Crippen molar-refractivity contribution < 1.29 is 13.3 Å². The summed E-state index contributed by atoms with van der Waals surface area (Å²) in [6.45, 7) is 1.63. The third-order valence-corrected chi connectivity index (χ3v) is 4.63. The van der Waals surface area contributed by atoms with E-state index >= 15 is 0 Å². The normalized spacial score (nSPS) is 12.1. The molecule has 0 bridgehead atoms. The Labute approximate surface area is 153 Å². The minimum atomic E-state index is -4.06. The molecule has 0 fully saturated rings. The van der Waals surface area contributed by atoms with Gasteiger partial charge in [-0.3, -0.25) is 15.5 Å². The number of hydrogen-bond donors (Lipinski definition) is 2. The van der Waals surface area contributed by atoms with Gasteiger partial charge in [0.05, 0.1) is 15.5 Å². The molecule has 0 radical (unpaired) electrons. The summed E-state index contributed by atoms with van der Waals surface area (Å²) < 4.78 is 22.6. The SMILES string of the molecule is C/C(=N/Nc1ccc(S(N)(=O)=O)cc1[N+](=O)[O-])c1cc(Cl)ccc1Cl. The summed E-state index contributed by atoms with van der Waals surface area (Å²) in [5.74, 6) is 0. The maximum absolute atomic E-state index is 11.3. The average molecular weight is 403 g/mol. The van der Waals surface area contributed by atoms with Crippen molar-refractivity contribution in [3.63, 3.8) is 0 Å². The molecular formula is C14H12Cl2N4O4S. The predicted octanol–water partition coefficient (Wildman–Crippen LogP) is 3.39. The van der Waals surface area contributed by atoms with E-state index in [-0.39, 0.29) is 10.6 Å². The maximum Gasteiger partial charge on any atom is 0.295 e. The highest BCUT2D eigenvalue weighted by Crippen LogP contribution is 2.28. The smallest absolute Gasteiger partial charge is 0.271 e. The number of nitro benzene ring substituents is 1. The Kier molecular flexibility index (Phi) is 5.63. The monoisotopic (exact) mass is 402 g/mol. The minimum Gasteiger partial charge on any atom is -0.271 e. The van der Waals surface area contributed by atoms with E-state index in [9.17, 15) is 18.5 Å². The second kappa shape index (κ2) is 7.36. The molecule has 8 nitrogen and oxygen atoms in total. The maximum atomic E-state index is 11.3. The summed E-state index contributed by atoms with van der Waals surface area (Å²) in [5, 5.41) is 21.0. The highest BCUT2D eigenvalue weighted by molar-refractivity contribution is 7.89. The molecule has 0 spiro atoms. The van der Waals surface area contributed by atoms with Crippen LogP contribution in [0.25, 0.3) is 0 Å². The highest BCUT2D eigenvalue weighted by atomic mass is 35.5. The Bertz CT molecular complexity index is 977. The number of nitrogens with one attached hydrogen (secondary N) is 1. The van der Waals surface area contributed by atoms with Gasteiger partial charge in [-0.25, -0.2) is 13.6 Å². The van der Waals surface area contributed by atoms with E-state index in [0.29, 0.717) is 21.3 Å². The van der Waals surface area contributed by atoms with Gasteiger partial charge in [0.1, 0.15) is 5.69 Å². The lowest BCUT2D eigenvalue weighted by Crippen LogP contribution is -2.12. The molecule has 0 aromatic heterocycles. The number of anilines is 1. The average Bonchev–Trinajstić information content (AvgIpc) is 2.53. The lowest BCUT2D eigenvalue weighted by atomic mass is 10.1. The zero-order valence-electron chi connectivity index (χ0n) is 12.7. The van der Waals surface area contributed by atoms with Crippen LogP contribution in [0, 0.1) is 10.1 Å². The van der Waals surface area contributed by atoms with Crippen LogP contribution in [0.5, 0.6) is 0 Å². The lowest BCUT2D eigenvalue weighted by Gasteiger charge is -2.07. The molecule has 0 aliphatic heterocycles. The Hall–Kier alpha value is -2.20. The quantitative estimate of drug-likeness (QED) is 0.449.